The first kappa shape index (κ1) is 21.1. The highest BCUT2D eigenvalue weighted by Gasteiger charge is 2.22. The Balaban J connectivity index is 1.34. The van der Waals surface area contributed by atoms with Crippen molar-refractivity contribution in [1.29, 1.82) is 0 Å². The van der Waals surface area contributed by atoms with Gasteiger partial charge < -0.3 is 25.0 Å². The number of hydrogen-bond acceptors (Lipinski definition) is 6. The molecule has 2 aromatic carbocycles. The molecule has 0 bridgehead atoms. The van der Waals surface area contributed by atoms with Gasteiger partial charge in [0, 0.05) is 38.3 Å². The molecule has 1 saturated heterocycles. The van der Waals surface area contributed by atoms with Crippen LogP contribution in [0.4, 0.5) is 0 Å². The minimum atomic E-state index is -0.330. The molecule has 8 heteroatoms. The Morgan fingerprint density at radius 1 is 1.00 bits per heavy atom. The largest absolute Gasteiger partial charge is 0.454 e. The quantitative estimate of drug-likeness (QED) is 0.696. The lowest BCUT2D eigenvalue weighted by Crippen LogP contribution is -2.48. The molecular formula is C23H28N4O4. The molecule has 1 atom stereocenters. The molecule has 8 nitrogen and oxygen atoms in total. The number of rotatable bonds is 7. The third kappa shape index (κ3) is 5.53. The van der Waals surface area contributed by atoms with Crippen molar-refractivity contribution in [3.8, 4) is 11.5 Å². The predicted molar refractivity (Wildman–Crippen MR) is 116 cm³/mol. The number of carbonyl (C=O) groups excluding carboxylic acids is 2. The number of ether oxygens (including phenoxy) is 2. The van der Waals surface area contributed by atoms with Crippen molar-refractivity contribution in [2.75, 3.05) is 53.1 Å². The van der Waals surface area contributed by atoms with Gasteiger partial charge in [-0.25, -0.2) is 0 Å². The molecule has 0 aliphatic carbocycles. The van der Waals surface area contributed by atoms with E-state index in [0.29, 0.717) is 17.1 Å². The number of nitrogens with zero attached hydrogens (tertiary/aromatic N) is 2. The Labute approximate surface area is 182 Å². The van der Waals surface area contributed by atoms with E-state index in [2.05, 4.69) is 27.5 Å². The maximum atomic E-state index is 12.6. The zero-order valence-electron chi connectivity index (χ0n) is 17.7. The molecule has 31 heavy (non-hydrogen) atoms. The van der Waals surface area contributed by atoms with Crippen molar-refractivity contribution < 1.29 is 19.1 Å². The molecule has 0 spiro atoms. The number of likely N-dealkylation sites (N-methyl/N-ethyl adjacent to an activating group) is 1. The van der Waals surface area contributed by atoms with Gasteiger partial charge in [0.05, 0.1) is 12.6 Å². The van der Waals surface area contributed by atoms with E-state index in [1.54, 1.807) is 18.2 Å². The highest BCUT2D eigenvalue weighted by molar-refractivity contribution is 5.97. The number of hydrogen-bond donors (Lipinski definition) is 2. The fourth-order valence-corrected chi connectivity index (χ4v) is 3.75. The van der Waals surface area contributed by atoms with Crippen molar-refractivity contribution in [3.05, 3.63) is 59.7 Å². The summed E-state index contributed by atoms with van der Waals surface area (Å²) >= 11 is 0. The van der Waals surface area contributed by atoms with Crippen molar-refractivity contribution in [2.24, 2.45) is 0 Å². The molecule has 1 fully saturated rings. The third-order valence-corrected chi connectivity index (χ3v) is 5.62. The average molecular weight is 425 g/mol. The first-order chi connectivity index (χ1) is 15.1. The van der Waals surface area contributed by atoms with E-state index in [4.69, 9.17) is 9.47 Å². The summed E-state index contributed by atoms with van der Waals surface area (Å²) in [5.74, 6) is 0.596. The smallest absolute Gasteiger partial charge is 0.251 e. The fraction of sp³-hybridized carbons (Fsp3) is 0.391. The maximum absolute atomic E-state index is 12.6. The van der Waals surface area contributed by atoms with Crippen LogP contribution in [0.25, 0.3) is 0 Å². The zero-order chi connectivity index (χ0) is 21.6. The van der Waals surface area contributed by atoms with Crippen LogP contribution in [0.2, 0.25) is 0 Å². The van der Waals surface area contributed by atoms with Gasteiger partial charge in [-0.1, -0.05) is 30.3 Å². The van der Waals surface area contributed by atoms with Crippen LogP contribution in [0, 0.1) is 0 Å². The summed E-state index contributed by atoms with van der Waals surface area (Å²) < 4.78 is 10.6. The molecule has 164 valence electrons. The number of carbonyl (C=O) groups is 2. The monoisotopic (exact) mass is 424 g/mol. The van der Waals surface area contributed by atoms with Crippen LogP contribution in [-0.2, 0) is 4.79 Å². The SMILES string of the molecule is CN1CCN(CC(NC(=O)CNC(=O)c2ccc3c(c2)OCO3)c2ccccc2)CC1. The molecule has 2 aliphatic rings. The van der Waals surface area contributed by atoms with Gasteiger partial charge in [-0.15, -0.1) is 0 Å². The summed E-state index contributed by atoms with van der Waals surface area (Å²) in [7, 11) is 2.12. The van der Waals surface area contributed by atoms with Gasteiger partial charge in [0.25, 0.3) is 5.91 Å². The first-order valence-corrected chi connectivity index (χ1v) is 10.5. The van der Waals surface area contributed by atoms with Gasteiger partial charge in [-0.3, -0.25) is 14.5 Å². The summed E-state index contributed by atoms with van der Waals surface area (Å²) in [6.45, 7) is 4.76. The number of fused-ring (bicyclic) bond motifs is 1. The number of benzene rings is 2. The molecular weight excluding hydrogens is 396 g/mol. The van der Waals surface area contributed by atoms with E-state index in [9.17, 15) is 9.59 Å². The molecule has 2 heterocycles. The predicted octanol–water partition coefficient (Wildman–Crippen LogP) is 1.25. The van der Waals surface area contributed by atoms with Gasteiger partial charge >= 0.3 is 0 Å². The highest BCUT2D eigenvalue weighted by atomic mass is 16.7. The molecule has 0 aromatic heterocycles. The second-order valence-corrected chi connectivity index (χ2v) is 7.89. The van der Waals surface area contributed by atoms with Crippen LogP contribution in [0.15, 0.2) is 48.5 Å². The van der Waals surface area contributed by atoms with E-state index in [1.165, 1.54) is 0 Å². The molecule has 0 radical (unpaired) electrons. The molecule has 1 unspecified atom stereocenters. The Morgan fingerprint density at radius 3 is 2.52 bits per heavy atom. The first-order valence-electron chi connectivity index (χ1n) is 10.5. The van der Waals surface area contributed by atoms with E-state index >= 15 is 0 Å². The summed E-state index contributed by atoms with van der Waals surface area (Å²) in [5, 5.41) is 5.78. The Hall–Kier alpha value is -3.10. The minimum Gasteiger partial charge on any atom is -0.454 e. The van der Waals surface area contributed by atoms with Gasteiger partial charge in [0.1, 0.15) is 0 Å². The van der Waals surface area contributed by atoms with Gasteiger partial charge in [-0.2, -0.15) is 0 Å². The number of amides is 2. The Morgan fingerprint density at radius 2 is 1.74 bits per heavy atom. The molecule has 0 saturated carbocycles. The van der Waals surface area contributed by atoms with Gasteiger partial charge in [-0.05, 0) is 30.8 Å². The van der Waals surface area contributed by atoms with Crippen LogP contribution in [0.3, 0.4) is 0 Å². The topological polar surface area (TPSA) is 83.1 Å². The lowest BCUT2D eigenvalue weighted by atomic mass is 10.1. The van der Waals surface area contributed by atoms with Crippen LogP contribution in [0.1, 0.15) is 22.0 Å². The fourth-order valence-electron chi connectivity index (χ4n) is 3.75. The maximum Gasteiger partial charge on any atom is 0.251 e. The van der Waals surface area contributed by atoms with E-state index in [1.807, 2.05) is 30.3 Å². The molecule has 2 aromatic rings. The lowest BCUT2D eigenvalue weighted by molar-refractivity contribution is -0.121. The van der Waals surface area contributed by atoms with Crippen molar-refractivity contribution >= 4 is 11.8 Å². The van der Waals surface area contributed by atoms with Crippen LogP contribution in [0.5, 0.6) is 11.5 Å². The van der Waals surface area contributed by atoms with E-state index < -0.39 is 0 Å². The minimum absolute atomic E-state index is 0.0979. The Kier molecular flexibility index (Phi) is 6.69. The van der Waals surface area contributed by atoms with Crippen molar-refractivity contribution in [1.82, 2.24) is 20.4 Å². The van der Waals surface area contributed by atoms with Crippen LogP contribution >= 0.6 is 0 Å². The van der Waals surface area contributed by atoms with Crippen LogP contribution < -0.4 is 20.1 Å². The summed E-state index contributed by atoms with van der Waals surface area (Å²) in [6.07, 6.45) is 0. The molecule has 4 rings (SSSR count). The third-order valence-electron chi connectivity index (χ3n) is 5.62. The standard InChI is InChI=1S/C23H28N4O4/c1-26-9-11-27(12-10-26)15-19(17-5-3-2-4-6-17)25-22(28)14-24-23(29)18-7-8-20-21(13-18)31-16-30-20/h2-8,13,19H,9-12,14-16H2,1H3,(H,24,29)(H,25,28). The molecule has 2 N–H and O–H groups in total. The van der Waals surface area contributed by atoms with Gasteiger partial charge in [0.15, 0.2) is 11.5 Å². The highest BCUT2D eigenvalue weighted by Crippen LogP contribution is 2.32. The zero-order valence-corrected chi connectivity index (χ0v) is 17.7. The summed E-state index contributed by atoms with van der Waals surface area (Å²) in [5.41, 5.74) is 1.48. The van der Waals surface area contributed by atoms with Gasteiger partial charge in [0.2, 0.25) is 12.7 Å². The average Bonchev–Trinajstić information content (AvgIpc) is 3.27. The summed E-state index contributed by atoms with van der Waals surface area (Å²) in [6, 6.07) is 14.8. The van der Waals surface area contributed by atoms with E-state index in [0.717, 1.165) is 38.3 Å². The lowest BCUT2D eigenvalue weighted by Gasteiger charge is -2.35. The summed E-state index contributed by atoms with van der Waals surface area (Å²) in [4.78, 5) is 29.8. The van der Waals surface area contributed by atoms with E-state index in [-0.39, 0.29) is 31.2 Å². The number of nitrogens with one attached hydrogen (secondary N) is 2. The number of piperazine rings is 1. The molecule has 2 aliphatic heterocycles. The van der Waals surface area contributed by atoms with Crippen molar-refractivity contribution in [3.63, 3.8) is 0 Å². The second-order valence-electron chi connectivity index (χ2n) is 7.89. The normalized spacial score (nSPS) is 17.2. The Bertz CT molecular complexity index is 913. The molecule has 2 amide bonds. The second kappa shape index (κ2) is 9.80. The van der Waals surface area contributed by atoms with Crippen LogP contribution in [-0.4, -0.2) is 74.7 Å². The van der Waals surface area contributed by atoms with Crippen molar-refractivity contribution in [2.45, 2.75) is 6.04 Å².